The molecule has 0 N–H and O–H groups in total. The van der Waals surface area contributed by atoms with Gasteiger partial charge in [-0.25, -0.2) is 0 Å². The number of hydrogen-bond acceptors (Lipinski definition) is 6. The molecule has 0 rings (SSSR count). The summed E-state index contributed by atoms with van der Waals surface area (Å²) in [4.78, 5) is 38.3. The molecule has 0 spiro atoms. The van der Waals surface area contributed by atoms with Gasteiger partial charge in [0.1, 0.15) is 13.2 Å². The molecule has 0 unspecified atom stereocenters. The van der Waals surface area contributed by atoms with Crippen LogP contribution in [0.5, 0.6) is 0 Å². The normalized spacial score (nSPS) is 12.4. The zero-order valence-electron chi connectivity index (χ0n) is 48.7. The van der Waals surface area contributed by atoms with Crippen LogP contribution >= 0.6 is 0 Å². The van der Waals surface area contributed by atoms with Crippen molar-refractivity contribution in [3.8, 4) is 0 Å². The van der Waals surface area contributed by atoms with Crippen molar-refractivity contribution in [2.24, 2.45) is 0 Å². The maximum atomic E-state index is 12.9. The molecule has 0 saturated carbocycles. The van der Waals surface area contributed by atoms with E-state index < -0.39 is 6.10 Å². The molecule has 73 heavy (non-hydrogen) atoms. The van der Waals surface area contributed by atoms with E-state index in [9.17, 15) is 14.4 Å². The number of esters is 3. The highest BCUT2D eigenvalue weighted by molar-refractivity contribution is 5.71. The molecule has 6 heteroatoms. The summed E-state index contributed by atoms with van der Waals surface area (Å²) in [7, 11) is 0. The van der Waals surface area contributed by atoms with Crippen LogP contribution in [0, 0.1) is 0 Å². The molecule has 0 aromatic heterocycles. The van der Waals surface area contributed by atoms with Crippen LogP contribution in [0.1, 0.15) is 329 Å². The van der Waals surface area contributed by atoms with Crippen molar-refractivity contribution < 1.29 is 28.6 Å². The van der Waals surface area contributed by atoms with Gasteiger partial charge in [0.05, 0.1) is 0 Å². The van der Waals surface area contributed by atoms with Crippen LogP contribution in [-0.4, -0.2) is 37.2 Å². The molecule has 6 nitrogen and oxygen atoms in total. The van der Waals surface area contributed by atoms with Crippen LogP contribution in [0.3, 0.4) is 0 Å². The Balaban J connectivity index is 4.39. The van der Waals surface area contributed by atoms with Crippen molar-refractivity contribution in [1.82, 2.24) is 0 Å². The highest BCUT2D eigenvalue weighted by Crippen LogP contribution is 2.18. The van der Waals surface area contributed by atoms with Crippen molar-refractivity contribution in [3.05, 3.63) is 60.8 Å². The van der Waals surface area contributed by atoms with Gasteiger partial charge in [0.2, 0.25) is 0 Å². The second-order valence-electron chi connectivity index (χ2n) is 21.3. The predicted octanol–water partition coefficient (Wildman–Crippen LogP) is 21.6. The minimum Gasteiger partial charge on any atom is -0.462 e. The molecule has 0 aliphatic rings. The van der Waals surface area contributed by atoms with Gasteiger partial charge in [-0.05, 0) is 57.8 Å². The van der Waals surface area contributed by atoms with Crippen LogP contribution in [0.4, 0.5) is 0 Å². The lowest BCUT2D eigenvalue weighted by molar-refractivity contribution is -0.167. The lowest BCUT2D eigenvalue weighted by atomic mass is 10.0. The van der Waals surface area contributed by atoms with Gasteiger partial charge < -0.3 is 14.2 Å². The summed E-state index contributed by atoms with van der Waals surface area (Å²) in [6, 6.07) is 0. The van der Waals surface area contributed by atoms with E-state index in [-0.39, 0.29) is 37.5 Å². The van der Waals surface area contributed by atoms with Crippen molar-refractivity contribution >= 4 is 17.9 Å². The van der Waals surface area contributed by atoms with Crippen molar-refractivity contribution in [1.29, 1.82) is 0 Å². The molecule has 0 aromatic rings. The van der Waals surface area contributed by atoms with Gasteiger partial charge in [0.15, 0.2) is 6.10 Å². The zero-order valence-corrected chi connectivity index (χ0v) is 48.7. The molecule has 0 bridgehead atoms. The summed E-state index contributed by atoms with van der Waals surface area (Å²) in [5.41, 5.74) is 0. The lowest BCUT2D eigenvalue weighted by Gasteiger charge is -2.18. The first kappa shape index (κ1) is 70.1. The summed E-state index contributed by atoms with van der Waals surface area (Å²) < 4.78 is 16.9. The quantitative estimate of drug-likeness (QED) is 0.0261. The van der Waals surface area contributed by atoms with Gasteiger partial charge in [-0.2, -0.15) is 0 Å². The van der Waals surface area contributed by atoms with Gasteiger partial charge in [-0.3, -0.25) is 14.4 Å². The van der Waals surface area contributed by atoms with Crippen LogP contribution in [0.2, 0.25) is 0 Å². The van der Waals surface area contributed by atoms with Crippen molar-refractivity contribution in [2.45, 2.75) is 335 Å². The third-order valence-electron chi connectivity index (χ3n) is 14.0. The van der Waals surface area contributed by atoms with Crippen molar-refractivity contribution in [2.75, 3.05) is 13.2 Å². The first-order chi connectivity index (χ1) is 36.0. The molecule has 0 aliphatic carbocycles. The Labute approximate surface area is 453 Å². The molecule has 0 aromatic carbocycles. The first-order valence-electron chi connectivity index (χ1n) is 31.8. The van der Waals surface area contributed by atoms with Gasteiger partial charge in [-0.1, -0.05) is 313 Å². The van der Waals surface area contributed by atoms with Crippen LogP contribution in [-0.2, 0) is 28.6 Å². The second-order valence-corrected chi connectivity index (χ2v) is 21.3. The summed E-state index contributed by atoms with van der Waals surface area (Å²) in [5.74, 6) is -0.927. The SMILES string of the molecule is CC/C=C\C/C=C\C/C=C\C/C=C\C/C=C\CCCC(=O)OC[C@H](COC(=O)CCCCCCCCCCCCCCCCCCCCC)OC(=O)CCCCCCCCCCCCCCCCCCCCC. The highest BCUT2D eigenvalue weighted by atomic mass is 16.6. The van der Waals surface area contributed by atoms with Crippen LogP contribution < -0.4 is 0 Å². The molecule has 424 valence electrons. The maximum Gasteiger partial charge on any atom is 0.306 e. The number of allylic oxidation sites excluding steroid dienone is 10. The average Bonchev–Trinajstić information content (AvgIpc) is 3.39. The fraction of sp³-hybridized carbons (Fsp3) is 0.806. The zero-order chi connectivity index (χ0) is 52.9. The van der Waals surface area contributed by atoms with E-state index in [4.69, 9.17) is 14.2 Å². The largest absolute Gasteiger partial charge is 0.462 e. The minimum absolute atomic E-state index is 0.0871. The number of rotatable bonds is 58. The Hall–Kier alpha value is -2.89. The van der Waals surface area contributed by atoms with E-state index in [0.717, 1.165) is 77.0 Å². The van der Waals surface area contributed by atoms with E-state index >= 15 is 0 Å². The van der Waals surface area contributed by atoms with E-state index in [1.807, 2.05) is 0 Å². The first-order valence-corrected chi connectivity index (χ1v) is 31.8. The summed E-state index contributed by atoms with van der Waals surface area (Å²) >= 11 is 0. The van der Waals surface area contributed by atoms with Crippen molar-refractivity contribution in [3.63, 3.8) is 0 Å². The Kier molecular flexibility index (Phi) is 59.2. The molecule has 0 heterocycles. The molecular formula is C67H120O6. The molecular weight excluding hydrogens is 901 g/mol. The Bertz CT molecular complexity index is 1310. The summed E-state index contributed by atoms with van der Waals surface area (Å²) in [6.45, 7) is 6.54. The fourth-order valence-corrected chi connectivity index (χ4v) is 9.31. The molecule has 0 aliphatic heterocycles. The van der Waals surface area contributed by atoms with Crippen LogP contribution in [0.25, 0.3) is 0 Å². The Morgan fingerprint density at radius 2 is 0.534 bits per heavy atom. The Morgan fingerprint density at radius 1 is 0.288 bits per heavy atom. The third kappa shape index (κ3) is 59.9. The number of carbonyl (C=O) groups excluding carboxylic acids is 3. The van der Waals surface area contributed by atoms with E-state index in [0.29, 0.717) is 19.3 Å². The number of ether oxygens (including phenoxy) is 3. The number of carbonyl (C=O) groups is 3. The van der Waals surface area contributed by atoms with E-state index in [1.165, 1.54) is 205 Å². The molecule has 0 fully saturated rings. The number of unbranched alkanes of at least 4 members (excludes halogenated alkanes) is 37. The Morgan fingerprint density at radius 3 is 0.836 bits per heavy atom. The molecule has 0 amide bonds. The minimum atomic E-state index is -0.795. The van der Waals surface area contributed by atoms with Crippen LogP contribution in [0.15, 0.2) is 60.8 Å². The predicted molar refractivity (Wildman–Crippen MR) is 316 cm³/mol. The molecule has 0 radical (unpaired) electrons. The summed E-state index contributed by atoms with van der Waals surface area (Å²) in [6.07, 6.45) is 78.0. The smallest absolute Gasteiger partial charge is 0.306 e. The average molecular weight is 1020 g/mol. The third-order valence-corrected chi connectivity index (χ3v) is 14.0. The lowest BCUT2D eigenvalue weighted by Crippen LogP contribution is -2.30. The van der Waals surface area contributed by atoms with E-state index in [1.54, 1.807) is 0 Å². The molecule has 0 saturated heterocycles. The van der Waals surface area contributed by atoms with Gasteiger partial charge in [0, 0.05) is 19.3 Å². The highest BCUT2D eigenvalue weighted by Gasteiger charge is 2.19. The molecule has 1 atom stereocenters. The second kappa shape index (κ2) is 61.7. The standard InChI is InChI=1S/C67H120O6/c1-4-7-10-13-16-19-22-25-28-31-33-36-39-42-45-48-51-54-57-60-66(69)72-63-64(62-71-65(68)59-56-53-50-47-44-41-38-35-30-27-24-21-18-15-12-9-6-3)73-67(70)61-58-55-52-49-46-43-40-37-34-32-29-26-23-20-17-14-11-8-5-2/h9,12,18,21,27,30,38,41,47,50,64H,4-8,10-11,13-17,19-20,22-26,28-29,31-37,39-40,42-46,48-49,51-63H2,1-3H3/b12-9-,21-18-,30-27-,41-38-,50-47-/t64-/m1/s1. The monoisotopic (exact) mass is 1020 g/mol. The maximum absolute atomic E-state index is 12.9. The van der Waals surface area contributed by atoms with Gasteiger partial charge in [0.25, 0.3) is 0 Å². The van der Waals surface area contributed by atoms with Gasteiger partial charge >= 0.3 is 17.9 Å². The van der Waals surface area contributed by atoms with Gasteiger partial charge in [-0.15, -0.1) is 0 Å². The fourth-order valence-electron chi connectivity index (χ4n) is 9.31. The van der Waals surface area contributed by atoms with E-state index in [2.05, 4.69) is 81.5 Å². The number of hydrogen-bond donors (Lipinski definition) is 0. The summed E-state index contributed by atoms with van der Waals surface area (Å²) in [5, 5.41) is 0. The topological polar surface area (TPSA) is 78.9 Å².